The largest absolute Gasteiger partial charge is 0.462 e. The fourth-order valence-corrected chi connectivity index (χ4v) is 4.64. The Bertz CT molecular complexity index is 711. The standard InChI is InChI=1S/C21H34O12/c1-9(2)3-14(25)33-19-15-11(4-13(24)21(15,29)8-23)10(6-30-19)7-31-20-18(28)17(27)16(26)12(5-22)32-20/h6,9,11-13,15-20,22-24,26-29H,3-5,7-8H2,1-2H3/t11-,12-,13+,15-,16+,17+,18-,19+,20+,21-/m0/s1. The minimum Gasteiger partial charge on any atom is -0.462 e. The van der Waals surface area contributed by atoms with E-state index in [2.05, 4.69) is 0 Å². The predicted octanol–water partition coefficient (Wildman–Crippen LogP) is -2.65. The Labute approximate surface area is 191 Å². The smallest absolute Gasteiger partial charge is 0.309 e. The van der Waals surface area contributed by atoms with E-state index in [-0.39, 0.29) is 25.4 Å². The molecule has 190 valence electrons. The number of aliphatic hydroxyl groups is 7. The highest BCUT2D eigenvalue weighted by Crippen LogP contribution is 2.49. The summed E-state index contributed by atoms with van der Waals surface area (Å²) < 4.78 is 21.8. The Hall–Kier alpha value is -1.35. The Balaban J connectivity index is 1.75. The Morgan fingerprint density at radius 3 is 2.45 bits per heavy atom. The summed E-state index contributed by atoms with van der Waals surface area (Å²) in [7, 11) is 0. The molecule has 7 N–H and O–H groups in total. The van der Waals surface area contributed by atoms with Gasteiger partial charge in [0.1, 0.15) is 30.0 Å². The summed E-state index contributed by atoms with van der Waals surface area (Å²) in [5.74, 6) is -2.12. The molecule has 0 amide bonds. The van der Waals surface area contributed by atoms with Gasteiger partial charge in [-0.2, -0.15) is 0 Å². The number of esters is 1. The van der Waals surface area contributed by atoms with E-state index in [0.717, 1.165) is 0 Å². The molecule has 0 aromatic rings. The van der Waals surface area contributed by atoms with Crippen LogP contribution in [0.4, 0.5) is 0 Å². The molecule has 2 fully saturated rings. The SMILES string of the molecule is CC(C)CC(=O)O[C@H]1OC=C(CO[C@@H]2O[C@@H](CO)[C@@H](O)[C@@H](O)[C@@H]2O)[C@@H]2C[C@@H](O)[C@@](O)(CO)[C@H]12. The quantitative estimate of drug-likeness (QED) is 0.179. The Kier molecular flexibility index (Phi) is 8.36. The van der Waals surface area contributed by atoms with Crippen molar-refractivity contribution in [2.24, 2.45) is 17.8 Å². The van der Waals surface area contributed by atoms with E-state index in [1.807, 2.05) is 13.8 Å². The van der Waals surface area contributed by atoms with Crippen LogP contribution in [0.15, 0.2) is 11.8 Å². The zero-order valence-corrected chi connectivity index (χ0v) is 18.6. The molecular formula is C21H34O12. The summed E-state index contributed by atoms with van der Waals surface area (Å²) in [6.07, 6.45) is -8.43. The molecule has 12 heteroatoms. The summed E-state index contributed by atoms with van der Waals surface area (Å²) in [6.45, 7) is 2.04. The number of hydrogen-bond acceptors (Lipinski definition) is 12. The van der Waals surface area contributed by atoms with E-state index in [4.69, 9.17) is 18.9 Å². The molecule has 2 aliphatic heterocycles. The highest BCUT2D eigenvalue weighted by Gasteiger charge is 2.60. The van der Waals surface area contributed by atoms with Crippen LogP contribution < -0.4 is 0 Å². The van der Waals surface area contributed by atoms with Gasteiger partial charge in [0.15, 0.2) is 6.29 Å². The van der Waals surface area contributed by atoms with Crippen molar-refractivity contribution in [3.63, 3.8) is 0 Å². The number of carbonyl (C=O) groups is 1. The van der Waals surface area contributed by atoms with Crippen molar-refractivity contribution < 1.29 is 59.5 Å². The van der Waals surface area contributed by atoms with Crippen molar-refractivity contribution in [3.05, 3.63) is 11.8 Å². The van der Waals surface area contributed by atoms with Crippen LogP contribution in [0, 0.1) is 17.8 Å². The molecule has 3 aliphatic rings. The molecule has 1 saturated carbocycles. The first-order valence-corrected chi connectivity index (χ1v) is 11.0. The summed E-state index contributed by atoms with van der Waals surface area (Å²) in [5.41, 5.74) is -1.56. The lowest BCUT2D eigenvalue weighted by Crippen LogP contribution is -2.59. The van der Waals surface area contributed by atoms with Gasteiger partial charge in [-0.3, -0.25) is 4.79 Å². The second-order valence-electron chi connectivity index (χ2n) is 9.33. The number of carbonyl (C=O) groups excluding carboxylic acids is 1. The summed E-state index contributed by atoms with van der Waals surface area (Å²) in [6, 6.07) is 0. The highest BCUT2D eigenvalue weighted by molar-refractivity contribution is 5.69. The maximum Gasteiger partial charge on any atom is 0.309 e. The van der Waals surface area contributed by atoms with Gasteiger partial charge in [-0.05, 0) is 17.9 Å². The van der Waals surface area contributed by atoms with Gasteiger partial charge in [0.05, 0.1) is 38.1 Å². The Morgan fingerprint density at radius 2 is 1.85 bits per heavy atom. The van der Waals surface area contributed by atoms with E-state index < -0.39 is 79.7 Å². The van der Waals surface area contributed by atoms with E-state index in [1.165, 1.54) is 6.26 Å². The van der Waals surface area contributed by atoms with Crippen molar-refractivity contribution in [2.45, 2.75) is 75.4 Å². The molecule has 12 nitrogen and oxygen atoms in total. The molecule has 0 unspecified atom stereocenters. The number of fused-ring (bicyclic) bond motifs is 1. The van der Waals surface area contributed by atoms with Gasteiger partial charge < -0.3 is 54.7 Å². The van der Waals surface area contributed by atoms with Crippen molar-refractivity contribution in [3.8, 4) is 0 Å². The maximum atomic E-state index is 12.2. The Morgan fingerprint density at radius 1 is 1.15 bits per heavy atom. The molecule has 10 atom stereocenters. The lowest BCUT2D eigenvalue weighted by atomic mass is 9.80. The molecule has 1 saturated heterocycles. The molecule has 3 rings (SSSR count). The second kappa shape index (κ2) is 10.5. The minimum absolute atomic E-state index is 0.0210. The first-order valence-electron chi connectivity index (χ1n) is 11.0. The number of rotatable bonds is 8. The van der Waals surface area contributed by atoms with Crippen molar-refractivity contribution >= 4 is 5.97 Å². The molecular weight excluding hydrogens is 444 g/mol. The van der Waals surface area contributed by atoms with Gasteiger partial charge in [0.2, 0.25) is 6.29 Å². The molecule has 0 radical (unpaired) electrons. The average Bonchev–Trinajstić information content (AvgIpc) is 3.03. The predicted molar refractivity (Wildman–Crippen MR) is 108 cm³/mol. The van der Waals surface area contributed by atoms with Crippen LogP contribution in [0.5, 0.6) is 0 Å². The first kappa shape index (κ1) is 26.3. The van der Waals surface area contributed by atoms with Crippen molar-refractivity contribution in [2.75, 3.05) is 19.8 Å². The third-order valence-electron chi connectivity index (χ3n) is 6.53. The molecule has 0 spiro atoms. The lowest BCUT2D eigenvalue weighted by molar-refractivity contribution is -0.299. The van der Waals surface area contributed by atoms with Crippen LogP contribution >= 0.6 is 0 Å². The maximum absolute atomic E-state index is 12.2. The van der Waals surface area contributed by atoms with E-state index in [1.54, 1.807) is 0 Å². The summed E-state index contributed by atoms with van der Waals surface area (Å²) >= 11 is 0. The lowest BCUT2D eigenvalue weighted by Gasteiger charge is -2.41. The van der Waals surface area contributed by atoms with Crippen LogP contribution in [0.1, 0.15) is 26.7 Å². The van der Waals surface area contributed by atoms with Crippen LogP contribution in [0.2, 0.25) is 0 Å². The van der Waals surface area contributed by atoms with E-state index in [9.17, 15) is 40.5 Å². The van der Waals surface area contributed by atoms with Crippen molar-refractivity contribution in [1.82, 2.24) is 0 Å². The van der Waals surface area contributed by atoms with Gasteiger partial charge in [0, 0.05) is 12.3 Å². The van der Waals surface area contributed by atoms with E-state index in [0.29, 0.717) is 5.57 Å². The minimum atomic E-state index is -1.99. The van der Waals surface area contributed by atoms with Gasteiger partial charge >= 0.3 is 5.97 Å². The average molecular weight is 478 g/mol. The zero-order valence-electron chi connectivity index (χ0n) is 18.6. The zero-order chi connectivity index (χ0) is 24.5. The fraction of sp³-hybridized carbons (Fsp3) is 0.857. The summed E-state index contributed by atoms with van der Waals surface area (Å²) in [4.78, 5) is 12.2. The molecule has 33 heavy (non-hydrogen) atoms. The van der Waals surface area contributed by atoms with E-state index >= 15 is 0 Å². The van der Waals surface area contributed by atoms with Gasteiger partial charge in [0.25, 0.3) is 0 Å². The van der Waals surface area contributed by atoms with Gasteiger partial charge in [-0.15, -0.1) is 0 Å². The van der Waals surface area contributed by atoms with Gasteiger partial charge in [-0.25, -0.2) is 0 Å². The van der Waals surface area contributed by atoms with Crippen LogP contribution in [-0.2, 0) is 23.7 Å². The number of hydrogen-bond donors (Lipinski definition) is 7. The normalized spacial score (nSPS) is 43.1. The second-order valence-corrected chi connectivity index (χ2v) is 9.33. The topological polar surface area (TPSA) is 196 Å². The molecule has 0 aromatic carbocycles. The number of aliphatic hydroxyl groups excluding tert-OH is 6. The van der Waals surface area contributed by atoms with Crippen LogP contribution in [-0.4, -0.2) is 110 Å². The summed E-state index contributed by atoms with van der Waals surface area (Å²) in [5, 5.41) is 70.5. The molecule has 0 bridgehead atoms. The first-order chi connectivity index (χ1) is 15.5. The molecule has 1 aliphatic carbocycles. The van der Waals surface area contributed by atoms with Gasteiger partial charge in [-0.1, -0.05) is 13.8 Å². The number of ether oxygens (including phenoxy) is 4. The van der Waals surface area contributed by atoms with Crippen LogP contribution in [0.25, 0.3) is 0 Å². The molecule has 0 aromatic heterocycles. The highest BCUT2D eigenvalue weighted by atomic mass is 16.7. The monoisotopic (exact) mass is 478 g/mol. The fourth-order valence-electron chi connectivity index (χ4n) is 4.64. The third kappa shape index (κ3) is 5.19. The van der Waals surface area contributed by atoms with Crippen LogP contribution in [0.3, 0.4) is 0 Å². The van der Waals surface area contributed by atoms with Crippen molar-refractivity contribution in [1.29, 1.82) is 0 Å². The molecule has 2 heterocycles. The third-order valence-corrected chi connectivity index (χ3v) is 6.53.